The van der Waals surface area contributed by atoms with Crippen LogP contribution in [0.25, 0.3) is 0 Å². The topological polar surface area (TPSA) is 71.5 Å². The zero-order valence-electron chi connectivity index (χ0n) is 11.1. The molecule has 1 aromatic carbocycles. The third-order valence-corrected chi connectivity index (χ3v) is 3.77. The van der Waals surface area contributed by atoms with Gasteiger partial charge >= 0.3 is 0 Å². The monoisotopic (exact) mass is 348 g/mol. The van der Waals surface area contributed by atoms with Crippen LogP contribution >= 0.6 is 15.9 Å². The Morgan fingerprint density at radius 3 is 3.14 bits per heavy atom. The number of benzene rings is 1. The van der Waals surface area contributed by atoms with E-state index in [1.165, 1.54) is 18.5 Å². The Hall–Kier alpha value is -2.08. The normalized spacial score (nSPS) is 12.6. The number of ether oxygens (including phenoxy) is 1. The zero-order chi connectivity index (χ0) is 14.8. The summed E-state index contributed by atoms with van der Waals surface area (Å²) in [6, 6.07) is 5.44. The van der Waals surface area contributed by atoms with Crippen LogP contribution in [0.5, 0.6) is 11.5 Å². The van der Waals surface area contributed by atoms with E-state index in [2.05, 4.69) is 26.2 Å². The fraction of sp³-hybridized carbons (Fsp3) is 0.200. The molecule has 2 N–H and O–H groups in total. The number of rotatable bonds is 3. The molecule has 5 nitrogen and oxygen atoms in total. The van der Waals surface area contributed by atoms with Crippen LogP contribution in [-0.2, 0) is 13.0 Å². The van der Waals surface area contributed by atoms with Crippen molar-refractivity contribution in [3.63, 3.8) is 0 Å². The number of nitrogens with zero attached hydrogens (tertiary/aromatic N) is 1. The molecule has 0 bridgehead atoms. The molecular formula is C15H13BrN2O3. The summed E-state index contributed by atoms with van der Waals surface area (Å²) in [4.78, 5) is 15.8. The minimum atomic E-state index is -0.346. The Bertz CT molecular complexity index is 703. The van der Waals surface area contributed by atoms with Crippen LogP contribution in [0, 0.1) is 0 Å². The van der Waals surface area contributed by atoms with Gasteiger partial charge in [0.25, 0.3) is 5.91 Å². The largest absolute Gasteiger partial charge is 0.505 e. The second kappa shape index (κ2) is 5.73. The van der Waals surface area contributed by atoms with E-state index in [4.69, 9.17) is 4.74 Å². The molecule has 0 atom stereocenters. The third kappa shape index (κ3) is 2.85. The summed E-state index contributed by atoms with van der Waals surface area (Å²) in [5.41, 5.74) is 2.26. The highest BCUT2D eigenvalue weighted by Gasteiger charge is 2.18. The number of halogens is 1. The van der Waals surface area contributed by atoms with Gasteiger partial charge in [-0.3, -0.25) is 9.78 Å². The summed E-state index contributed by atoms with van der Waals surface area (Å²) in [5.74, 6) is 0.366. The van der Waals surface area contributed by atoms with Crippen LogP contribution in [0.1, 0.15) is 21.5 Å². The summed E-state index contributed by atoms with van der Waals surface area (Å²) >= 11 is 3.46. The molecule has 0 saturated heterocycles. The smallest absolute Gasteiger partial charge is 0.255 e. The first-order valence-electron chi connectivity index (χ1n) is 6.50. The van der Waals surface area contributed by atoms with Crippen LogP contribution in [-0.4, -0.2) is 22.6 Å². The number of pyridine rings is 1. The van der Waals surface area contributed by atoms with E-state index in [-0.39, 0.29) is 17.2 Å². The van der Waals surface area contributed by atoms with Gasteiger partial charge in [0.05, 0.1) is 18.4 Å². The van der Waals surface area contributed by atoms with Crippen LogP contribution in [0.2, 0.25) is 0 Å². The zero-order valence-corrected chi connectivity index (χ0v) is 12.7. The highest BCUT2D eigenvalue weighted by Crippen LogP contribution is 2.32. The molecule has 0 saturated carbocycles. The number of hydrogen-bond acceptors (Lipinski definition) is 4. The maximum atomic E-state index is 12.1. The number of fused-ring (bicyclic) bond motifs is 1. The van der Waals surface area contributed by atoms with Crippen LogP contribution in [0.3, 0.4) is 0 Å². The molecule has 1 amide bonds. The summed E-state index contributed by atoms with van der Waals surface area (Å²) < 4.78 is 6.58. The average Bonchev–Trinajstić information content (AvgIpc) is 2.93. The van der Waals surface area contributed by atoms with E-state index >= 15 is 0 Å². The first-order valence-corrected chi connectivity index (χ1v) is 7.29. The van der Waals surface area contributed by atoms with Gasteiger partial charge in [-0.2, -0.15) is 0 Å². The maximum Gasteiger partial charge on any atom is 0.255 e. The van der Waals surface area contributed by atoms with Gasteiger partial charge in [-0.25, -0.2) is 0 Å². The number of aromatic hydroxyl groups is 1. The Morgan fingerprint density at radius 2 is 2.33 bits per heavy atom. The van der Waals surface area contributed by atoms with Crippen LogP contribution in [0.4, 0.5) is 0 Å². The maximum absolute atomic E-state index is 12.1. The van der Waals surface area contributed by atoms with Gasteiger partial charge in [-0.15, -0.1) is 0 Å². The van der Waals surface area contributed by atoms with E-state index in [1.807, 2.05) is 12.1 Å². The van der Waals surface area contributed by atoms with Gasteiger partial charge in [-0.1, -0.05) is 15.9 Å². The lowest BCUT2D eigenvalue weighted by Crippen LogP contribution is -2.23. The van der Waals surface area contributed by atoms with Gasteiger partial charge in [0.15, 0.2) is 0 Å². The van der Waals surface area contributed by atoms with Crippen molar-refractivity contribution in [2.45, 2.75) is 13.0 Å². The molecular weight excluding hydrogens is 336 g/mol. The van der Waals surface area contributed by atoms with E-state index in [0.717, 1.165) is 27.8 Å². The summed E-state index contributed by atoms with van der Waals surface area (Å²) in [6.45, 7) is 1.00. The lowest BCUT2D eigenvalue weighted by atomic mass is 10.1. The Kier molecular flexibility index (Phi) is 3.79. The highest BCUT2D eigenvalue weighted by atomic mass is 79.9. The van der Waals surface area contributed by atoms with Crippen molar-refractivity contribution >= 4 is 21.8 Å². The summed E-state index contributed by atoms with van der Waals surface area (Å²) in [7, 11) is 0. The Balaban J connectivity index is 1.77. The lowest BCUT2D eigenvalue weighted by Gasteiger charge is -2.11. The first-order chi connectivity index (χ1) is 10.1. The third-order valence-electron chi connectivity index (χ3n) is 3.31. The second-order valence-corrected chi connectivity index (χ2v) is 5.64. The number of nitrogens with one attached hydrogen (secondary N) is 1. The minimum Gasteiger partial charge on any atom is -0.505 e. The molecule has 0 unspecified atom stereocenters. The van der Waals surface area contributed by atoms with E-state index in [9.17, 15) is 9.90 Å². The molecule has 2 aromatic rings. The van der Waals surface area contributed by atoms with Gasteiger partial charge < -0.3 is 15.2 Å². The molecule has 0 spiro atoms. The minimum absolute atomic E-state index is 0.134. The van der Waals surface area contributed by atoms with Crippen molar-refractivity contribution in [2.24, 2.45) is 0 Å². The molecule has 1 aliphatic heterocycles. The quantitative estimate of drug-likeness (QED) is 0.893. The molecule has 2 heterocycles. The predicted molar refractivity (Wildman–Crippen MR) is 80.4 cm³/mol. The SMILES string of the molecule is O=C(NCc1cc(Br)cc2c1OCC2)c1ccncc1O. The number of carbonyl (C=O) groups is 1. The molecule has 1 aromatic heterocycles. The average molecular weight is 349 g/mol. The van der Waals surface area contributed by atoms with Gasteiger partial charge in [0.2, 0.25) is 0 Å². The molecule has 0 radical (unpaired) electrons. The molecule has 21 heavy (non-hydrogen) atoms. The molecule has 1 aliphatic rings. The standard InChI is InChI=1S/C15H13BrN2O3/c16-11-5-9-2-4-21-14(9)10(6-11)7-18-15(20)12-1-3-17-8-13(12)19/h1,3,5-6,8,19H,2,4,7H2,(H,18,20). The van der Waals surface area contributed by atoms with E-state index < -0.39 is 0 Å². The van der Waals surface area contributed by atoms with Gasteiger partial charge in [-0.05, 0) is 23.8 Å². The van der Waals surface area contributed by atoms with Crippen LogP contribution in [0.15, 0.2) is 35.1 Å². The van der Waals surface area contributed by atoms with Crippen molar-refractivity contribution in [3.05, 3.63) is 51.8 Å². The van der Waals surface area contributed by atoms with Crippen LogP contribution < -0.4 is 10.1 Å². The summed E-state index contributed by atoms with van der Waals surface area (Å²) in [6.07, 6.45) is 3.59. The molecule has 0 fully saturated rings. The predicted octanol–water partition coefficient (Wildman–Crippen LogP) is 2.41. The Labute approximate surface area is 130 Å². The van der Waals surface area contributed by atoms with Crippen molar-refractivity contribution < 1.29 is 14.6 Å². The fourth-order valence-corrected chi connectivity index (χ4v) is 2.88. The number of aromatic nitrogens is 1. The number of amides is 1. The van der Waals surface area contributed by atoms with E-state index in [1.54, 1.807) is 0 Å². The van der Waals surface area contributed by atoms with Crippen molar-refractivity contribution in [3.8, 4) is 11.5 Å². The Morgan fingerprint density at radius 1 is 1.48 bits per heavy atom. The molecule has 3 rings (SSSR count). The fourth-order valence-electron chi connectivity index (χ4n) is 2.33. The summed E-state index contributed by atoms with van der Waals surface area (Å²) in [5, 5.41) is 12.4. The first kappa shape index (κ1) is 13.9. The van der Waals surface area contributed by atoms with E-state index in [0.29, 0.717) is 13.2 Å². The number of carbonyl (C=O) groups excluding carboxylic acids is 1. The second-order valence-electron chi connectivity index (χ2n) is 4.73. The molecule has 108 valence electrons. The van der Waals surface area contributed by atoms with Crippen molar-refractivity contribution in [1.29, 1.82) is 0 Å². The molecule has 0 aliphatic carbocycles. The van der Waals surface area contributed by atoms with Gasteiger partial charge in [0, 0.05) is 29.2 Å². The lowest BCUT2D eigenvalue weighted by molar-refractivity contribution is 0.0948. The highest BCUT2D eigenvalue weighted by molar-refractivity contribution is 9.10. The van der Waals surface area contributed by atoms with Crippen molar-refractivity contribution in [2.75, 3.05) is 6.61 Å². The molecule has 6 heteroatoms. The van der Waals surface area contributed by atoms with Gasteiger partial charge in [0.1, 0.15) is 11.5 Å². The van der Waals surface area contributed by atoms with Crippen molar-refractivity contribution in [1.82, 2.24) is 10.3 Å². The number of hydrogen-bond donors (Lipinski definition) is 2.